The van der Waals surface area contributed by atoms with E-state index in [1.165, 1.54) is 274 Å². The lowest BCUT2D eigenvalue weighted by Crippen LogP contribution is -2.14. The summed E-state index contributed by atoms with van der Waals surface area (Å²) in [5.41, 5.74) is 33.1. The van der Waals surface area contributed by atoms with Crippen molar-refractivity contribution in [2.24, 2.45) is 0 Å². The van der Waals surface area contributed by atoms with E-state index < -0.39 is 0 Å². The second-order valence-electron chi connectivity index (χ2n) is 38.2. The number of hydrogen-bond acceptors (Lipinski definition) is 0. The lowest BCUT2D eigenvalue weighted by atomic mass is 9.81. The maximum Gasteiger partial charge on any atom is 0.0159 e. The van der Waals surface area contributed by atoms with Gasteiger partial charge in [-0.3, -0.25) is 0 Å². The Balaban J connectivity index is 0.000000110. The van der Waals surface area contributed by atoms with Crippen LogP contribution in [0.25, 0.3) is 263 Å². The normalized spacial score (nSPS) is 12.1. The fraction of sp³-hybridized carbons (Fsp3) is 0.0213. The molecule has 0 bridgehead atoms. The van der Waals surface area contributed by atoms with Gasteiger partial charge in [-0.25, -0.2) is 0 Å². The molecule has 0 atom stereocenters. The fourth-order valence-electron chi connectivity index (χ4n) is 23.4. The lowest BCUT2D eigenvalue weighted by Gasteiger charge is -2.22. The van der Waals surface area contributed by atoms with E-state index in [0.717, 1.165) is 0 Å². The first kappa shape index (κ1) is 83.6. The third-order valence-electron chi connectivity index (χ3n) is 29.9. The minimum atomic E-state index is -0.0471. The van der Waals surface area contributed by atoms with Gasteiger partial charge in [0.25, 0.3) is 0 Å². The molecule has 0 N–H and O–H groups in total. The van der Waals surface area contributed by atoms with Crippen molar-refractivity contribution in [2.75, 3.05) is 0 Å². The van der Waals surface area contributed by atoms with Gasteiger partial charge >= 0.3 is 0 Å². The highest BCUT2D eigenvalue weighted by atomic mass is 14.4. The first-order valence-corrected chi connectivity index (χ1v) is 49.2. The predicted octanol–water partition coefficient (Wildman–Crippen LogP) is 39.5. The number of rotatable bonds is 11. The number of fused-ring (bicyclic) bond motifs is 16. The van der Waals surface area contributed by atoms with Gasteiger partial charge in [-0.05, 0) is 316 Å². The van der Waals surface area contributed by atoms with Crippen LogP contribution >= 0.6 is 0 Å². The van der Waals surface area contributed by atoms with E-state index in [9.17, 15) is 0 Å². The summed E-state index contributed by atoms with van der Waals surface area (Å²) in [5, 5.41) is 30.5. The molecular weight excluding hydrogens is 1690 g/mol. The molecule has 658 valence electrons. The summed E-state index contributed by atoms with van der Waals surface area (Å²) in [6.07, 6.45) is 0. The topological polar surface area (TPSA) is 0 Å². The van der Waals surface area contributed by atoms with E-state index in [4.69, 9.17) is 0 Å². The van der Waals surface area contributed by atoms with Gasteiger partial charge in [0.05, 0.1) is 0 Å². The summed E-state index contributed by atoms with van der Waals surface area (Å²) >= 11 is 0. The van der Waals surface area contributed by atoms with Gasteiger partial charge in [0.15, 0.2) is 0 Å². The quantitative estimate of drug-likeness (QED) is 0.0894. The Morgan fingerprint density at radius 3 is 0.780 bits per heavy atom. The van der Waals surface area contributed by atoms with Crippen molar-refractivity contribution < 1.29 is 0 Å². The van der Waals surface area contributed by atoms with Crippen molar-refractivity contribution in [2.45, 2.75) is 19.3 Å². The Morgan fingerprint density at radius 1 is 0.106 bits per heavy atom. The highest BCUT2D eigenvalue weighted by Gasteiger charge is 2.36. The summed E-state index contributed by atoms with van der Waals surface area (Å²) in [6, 6.07) is 196. The maximum atomic E-state index is 2.46. The smallest absolute Gasteiger partial charge is 0.0159 e. The summed E-state index contributed by atoms with van der Waals surface area (Å²) in [5.74, 6) is 0. The van der Waals surface area contributed by atoms with Crippen LogP contribution in [0.3, 0.4) is 0 Å². The highest BCUT2D eigenvalue weighted by molar-refractivity contribution is 6.28. The van der Waals surface area contributed by atoms with Crippen LogP contribution in [-0.2, 0) is 5.41 Å². The van der Waals surface area contributed by atoms with Crippen LogP contribution in [0.5, 0.6) is 0 Å². The third-order valence-corrected chi connectivity index (χ3v) is 29.9. The number of benzene rings is 27. The summed E-state index contributed by atoms with van der Waals surface area (Å²) in [7, 11) is 0. The Kier molecular flexibility index (Phi) is 20.8. The monoisotopic (exact) mass is 1790 g/mol. The first-order valence-electron chi connectivity index (χ1n) is 49.2. The summed E-state index contributed by atoms with van der Waals surface area (Å²) < 4.78 is 0. The van der Waals surface area contributed by atoms with E-state index in [1.54, 1.807) is 0 Å². The number of hydrogen-bond donors (Lipinski definition) is 0. The molecule has 27 aromatic rings. The Labute approximate surface area is 821 Å². The zero-order valence-electron chi connectivity index (χ0n) is 78.3. The van der Waals surface area contributed by atoms with E-state index >= 15 is 0 Å². The van der Waals surface area contributed by atoms with Gasteiger partial charge in [-0.1, -0.05) is 505 Å². The van der Waals surface area contributed by atoms with Gasteiger partial charge in [0.2, 0.25) is 0 Å². The lowest BCUT2D eigenvalue weighted by molar-refractivity contribution is 0.660. The maximum absolute atomic E-state index is 2.46. The van der Waals surface area contributed by atoms with Crippen LogP contribution in [0.15, 0.2) is 534 Å². The predicted molar refractivity (Wildman–Crippen MR) is 607 cm³/mol. The van der Waals surface area contributed by atoms with Gasteiger partial charge in [-0.2, -0.15) is 0 Å². The molecule has 0 saturated heterocycles. The molecule has 0 heterocycles. The van der Waals surface area contributed by atoms with Crippen LogP contribution in [0.4, 0.5) is 0 Å². The molecule has 0 nitrogen and oxygen atoms in total. The zero-order chi connectivity index (χ0) is 93.6. The molecule has 0 radical (unpaired) electrons. The van der Waals surface area contributed by atoms with Crippen LogP contribution < -0.4 is 0 Å². The van der Waals surface area contributed by atoms with E-state index in [0.29, 0.717) is 0 Å². The molecule has 0 saturated carbocycles. The fourth-order valence-corrected chi connectivity index (χ4v) is 23.4. The van der Waals surface area contributed by atoms with Crippen molar-refractivity contribution in [3.8, 4) is 134 Å². The Morgan fingerprint density at radius 2 is 0.348 bits per heavy atom. The van der Waals surface area contributed by atoms with Crippen LogP contribution in [0.2, 0.25) is 0 Å². The molecule has 0 spiro atoms. The molecule has 0 aliphatic heterocycles. The van der Waals surface area contributed by atoms with Gasteiger partial charge in [0.1, 0.15) is 0 Å². The van der Waals surface area contributed by atoms with Gasteiger partial charge in [0, 0.05) is 5.41 Å². The SMILES string of the molecule is CC1(C)c2ccccc2-c2ccc(-c3ccc4c(-c5ccc6ccccc6c5)c5ccccc5c(-c5ccc6ccccc6c5)c4c3)cc21.c1ccc(-c2c3ccccc3c(-c3ccccc3)c3cc(-c4cc5ccccc5c5ccccc45)ccc23)cc1.c1ccc(-c2ccc(-c3c4ccccc4c(-c4ccc5c(-c6ccccc6)c6ccccc6c(-c6ccccc6)c5c4)c4ccccc34)cc2)cc1. The zero-order valence-corrected chi connectivity index (χ0v) is 78.3. The van der Waals surface area contributed by atoms with Crippen molar-refractivity contribution in [1.82, 2.24) is 0 Å². The average molecular weight is 1790 g/mol. The standard InChI is InChI=1S/C52H34.C49H34.C40H26/c1-4-16-35(17-5-1)36-28-30-39(31-29-36)50-42-23-11-14-26-45(42)52(46-27-15-12-24-43(46)50)40-32-33-47-48(34-40)51(38-20-8-3-9-21-38)44-25-13-10-22-41(44)49(47)37-18-6-2-7-19-37;1-49(2)45-18-10-9-15-39(45)40-25-23-36(30-46(40)49)35-24-26-43-44(29-35)48(38-22-20-32-12-4-6-14-34(32)28-38)42-17-8-7-16-41(42)47(43)37-21-19-31-11-3-5-13-33(31)27-37;1-3-13-27(14-4-1)39-34-21-11-12-22-35(34)40(28-15-5-2-6-16-28)38-26-30(23-24-36(38)39)37-25-29-17-7-8-18-31(29)32-19-9-10-20-33(32)37/h1-34H;3-30H,1-2H3;1-26H. The van der Waals surface area contributed by atoms with Crippen molar-refractivity contribution in [1.29, 1.82) is 0 Å². The van der Waals surface area contributed by atoms with Crippen molar-refractivity contribution >= 4 is 129 Å². The molecule has 27 aromatic carbocycles. The first-order chi connectivity index (χ1) is 69.7. The Bertz CT molecular complexity index is 9590. The molecule has 1 aliphatic carbocycles. The second-order valence-corrected chi connectivity index (χ2v) is 38.2. The molecular formula is C141H94. The molecule has 0 unspecified atom stereocenters. The molecule has 141 heavy (non-hydrogen) atoms. The van der Waals surface area contributed by atoms with Crippen LogP contribution in [0.1, 0.15) is 25.0 Å². The van der Waals surface area contributed by atoms with E-state index in [-0.39, 0.29) is 5.41 Å². The largest absolute Gasteiger partial charge is 0.0622 e. The second kappa shape index (κ2) is 35.0. The Hall–Kier alpha value is -17.9. The molecule has 0 amide bonds. The van der Waals surface area contributed by atoms with Gasteiger partial charge < -0.3 is 0 Å². The van der Waals surface area contributed by atoms with Crippen molar-refractivity contribution in [3.63, 3.8) is 0 Å². The molecule has 0 heteroatoms. The summed E-state index contributed by atoms with van der Waals surface area (Å²) in [4.78, 5) is 0. The molecule has 0 fully saturated rings. The minimum Gasteiger partial charge on any atom is -0.0622 e. The van der Waals surface area contributed by atoms with Gasteiger partial charge in [-0.15, -0.1) is 0 Å². The van der Waals surface area contributed by atoms with Crippen LogP contribution in [0, 0.1) is 0 Å². The van der Waals surface area contributed by atoms with Crippen LogP contribution in [-0.4, -0.2) is 0 Å². The van der Waals surface area contributed by atoms with E-state index in [1.807, 2.05) is 0 Å². The molecule has 28 rings (SSSR count). The minimum absolute atomic E-state index is 0.0471. The molecule has 0 aromatic heterocycles. The average Bonchev–Trinajstić information content (AvgIpc) is 1.71. The highest BCUT2D eigenvalue weighted by Crippen LogP contribution is 2.55. The third kappa shape index (κ3) is 14.5. The summed E-state index contributed by atoms with van der Waals surface area (Å²) in [6.45, 7) is 4.73. The molecule has 1 aliphatic rings. The van der Waals surface area contributed by atoms with E-state index in [2.05, 4.69) is 548 Å². The van der Waals surface area contributed by atoms with Crippen molar-refractivity contribution in [3.05, 3.63) is 545 Å².